The zero-order valence-corrected chi connectivity index (χ0v) is 12.8. The van der Waals surface area contributed by atoms with Crippen molar-refractivity contribution in [1.29, 1.82) is 0 Å². The second kappa shape index (κ2) is 6.05. The summed E-state index contributed by atoms with van der Waals surface area (Å²) in [6.07, 6.45) is 0. The number of ether oxygens (including phenoxy) is 1. The van der Waals surface area contributed by atoms with Crippen molar-refractivity contribution in [2.75, 3.05) is 17.6 Å². The molecule has 0 spiro atoms. The minimum Gasteiger partial charge on any atom is -0.495 e. The van der Waals surface area contributed by atoms with Crippen LogP contribution < -0.4 is 15.2 Å². The lowest BCUT2D eigenvalue weighted by Crippen LogP contribution is -2.15. The number of anilines is 2. The maximum absolute atomic E-state index is 12.2. The van der Waals surface area contributed by atoms with Crippen molar-refractivity contribution < 1.29 is 13.2 Å². The SMILES string of the molecule is COc1ccc(C)cc1NS(=O)(=O)Cc1ccc(N)cc1. The fourth-order valence-corrected chi connectivity index (χ4v) is 3.14. The number of nitrogen functional groups attached to an aromatic ring is 1. The highest BCUT2D eigenvalue weighted by atomic mass is 32.2. The van der Waals surface area contributed by atoms with Crippen molar-refractivity contribution in [1.82, 2.24) is 0 Å². The Morgan fingerprint density at radius 3 is 2.43 bits per heavy atom. The van der Waals surface area contributed by atoms with E-state index in [9.17, 15) is 8.42 Å². The Morgan fingerprint density at radius 1 is 1.14 bits per heavy atom. The third-order valence-corrected chi connectivity index (χ3v) is 4.20. The Labute approximate surface area is 124 Å². The van der Waals surface area contributed by atoms with Crippen LogP contribution in [0.15, 0.2) is 42.5 Å². The van der Waals surface area contributed by atoms with Gasteiger partial charge in [0.1, 0.15) is 5.75 Å². The van der Waals surface area contributed by atoms with E-state index in [2.05, 4.69) is 4.72 Å². The fraction of sp³-hybridized carbons (Fsp3) is 0.200. The minimum atomic E-state index is -3.52. The highest BCUT2D eigenvalue weighted by molar-refractivity contribution is 7.91. The van der Waals surface area contributed by atoms with E-state index in [1.54, 1.807) is 36.4 Å². The molecule has 0 amide bonds. The number of aryl methyl sites for hydroxylation is 1. The van der Waals surface area contributed by atoms with Crippen LogP contribution in [0.1, 0.15) is 11.1 Å². The molecule has 0 radical (unpaired) electrons. The fourth-order valence-electron chi connectivity index (χ4n) is 1.94. The van der Waals surface area contributed by atoms with E-state index in [0.29, 0.717) is 22.7 Å². The van der Waals surface area contributed by atoms with Gasteiger partial charge in [-0.15, -0.1) is 0 Å². The lowest BCUT2D eigenvalue weighted by atomic mass is 10.2. The predicted molar refractivity (Wildman–Crippen MR) is 84.8 cm³/mol. The predicted octanol–water partition coefficient (Wildman–Crippen LogP) is 2.53. The van der Waals surface area contributed by atoms with Crippen LogP contribution in [-0.2, 0) is 15.8 Å². The molecule has 2 rings (SSSR count). The summed E-state index contributed by atoms with van der Waals surface area (Å²) in [5.74, 6) is 0.367. The molecular weight excluding hydrogens is 288 g/mol. The number of nitrogens with two attached hydrogens (primary N) is 1. The number of hydrogen-bond donors (Lipinski definition) is 2. The van der Waals surface area contributed by atoms with E-state index < -0.39 is 10.0 Å². The van der Waals surface area contributed by atoms with Crippen LogP contribution >= 0.6 is 0 Å². The van der Waals surface area contributed by atoms with Gasteiger partial charge in [-0.05, 0) is 42.3 Å². The molecule has 0 aliphatic rings. The molecule has 0 heterocycles. The first-order valence-corrected chi connectivity index (χ1v) is 8.04. The third kappa shape index (κ3) is 4.13. The molecule has 2 aromatic rings. The van der Waals surface area contributed by atoms with Crippen molar-refractivity contribution in [2.24, 2.45) is 0 Å². The largest absolute Gasteiger partial charge is 0.495 e. The Bertz CT molecular complexity index is 725. The molecule has 5 nitrogen and oxygen atoms in total. The van der Waals surface area contributed by atoms with Crippen LogP contribution in [0.5, 0.6) is 5.75 Å². The number of benzene rings is 2. The Morgan fingerprint density at radius 2 is 1.81 bits per heavy atom. The molecule has 0 saturated heterocycles. The zero-order valence-electron chi connectivity index (χ0n) is 12.0. The summed E-state index contributed by atoms with van der Waals surface area (Å²) < 4.78 is 32.2. The molecule has 0 fully saturated rings. The summed E-state index contributed by atoms with van der Waals surface area (Å²) in [6.45, 7) is 1.89. The van der Waals surface area contributed by atoms with Crippen molar-refractivity contribution in [3.63, 3.8) is 0 Å². The van der Waals surface area contributed by atoms with Crippen molar-refractivity contribution in [2.45, 2.75) is 12.7 Å². The number of hydrogen-bond acceptors (Lipinski definition) is 4. The highest BCUT2D eigenvalue weighted by Gasteiger charge is 2.14. The Balaban J connectivity index is 2.21. The van der Waals surface area contributed by atoms with E-state index in [-0.39, 0.29) is 5.75 Å². The smallest absolute Gasteiger partial charge is 0.237 e. The number of rotatable bonds is 5. The molecule has 3 N–H and O–H groups in total. The van der Waals surface area contributed by atoms with Crippen LogP contribution in [0.4, 0.5) is 11.4 Å². The first-order valence-electron chi connectivity index (χ1n) is 6.39. The maximum Gasteiger partial charge on any atom is 0.237 e. The van der Waals surface area contributed by atoms with Gasteiger partial charge in [-0.2, -0.15) is 0 Å². The number of sulfonamides is 1. The van der Waals surface area contributed by atoms with Crippen LogP contribution in [0.3, 0.4) is 0 Å². The maximum atomic E-state index is 12.2. The van der Waals surface area contributed by atoms with Crippen LogP contribution in [-0.4, -0.2) is 15.5 Å². The summed E-state index contributed by atoms with van der Waals surface area (Å²) >= 11 is 0. The van der Waals surface area contributed by atoms with Gasteiger partial charge in [-0.25, -0.2) is 8.42 Å². The van der Waals surface area contributed by atoms with Crippen molar-refractivity contribution in [3.8, 4) is 5.75 Å². The molecule has 0 bridgehead atoms. The minimum absolute atomic E-state index is 0.121. The topological polar surface area (TPSA) is 81.4 Å². The second-order valence-electron chi connectivity index (χ2n) is 4.81. The van der Waals surface area contributed by atoms with Gasteiger partial charge >= 0.3 is 0 Å². The second-order valence-corrected chi connectivity index (χ2v) is 6.53. The standard InChI is InChI=1S/C15H18N2O3S/c1-11-3-8-15(20-2)14(9-11)17-21(18,19)10-12-4-6-13(16)7-5-12/h3-9,17H,10,16H2,1-2H3. The molecule has 21 heavy (non-hydrogen) atoms. The summed E-state index contributed by atoms with van der Waals surface area (Å²) in [5, 5.41) is 0. The van der Waals surface area contributed by atoms with E-state index in [4.69, 9.17) is 10.5 Å². The Kier molecular flexibility index (Phi) is 4.37. The highest BCUT2D eigenvalue weighted by Crippen LogP contribution is 2.26. The molecule has 0 aliphatic heterocycles. The third-order valence-electron chi connectivity index (χ3n) is 2.96. The molecule has 0 saturated carbocycles. The van der Waals surface area contributed by atoms with Gasteiger partial charge in [0.15, 0.2) is 0 Å². The van der Waals surface area contributed by atoms with Crippen LogP contribution in [0.25, 0.3) is 0 Å². The summed E-state index contributed by atoms with van der Waals surface area (Å²) in [5.41, 5.74) is 8.24. The average Bonchev–Trinajstić information content (AvgIpc) is 2.41. The van der Waals surface area contributed by atoms with Crippen molar-refractivity contribution in [3.05, 3.63) is 53.6 Å². The quantitative estimate of drug-likeness (QED) is 0.832. The summed E-state index contributed by atoms with van der Waals surface area (Å²) in [7, 11) is -2.02. The van der Waals surface area contributed by atoms with Crippen LogP contribution in [0, 0.1) is 6.92 Å². The first kappa shape index (κ1) is 15.2. The monoisotopic (exact) mass is 306 g/mol. The lowest BCUT2D eigenvalue weighted by Gasteiger charge is -2.12. The molecule has 6 heteroatoms. The molecular formula is C15H18N2O3S. The van der Waals surface area contributed by atoms with Gasteiger partial charge in [0.05, 0.1) is 18.6 Å². The molecule has 0 aliphatic carbocycles. The Hall–Kier alpha value is -2.21. The molecule has 0 aromatic heterocycles. The van der Waals surface area contributed by atoms with Gasteiger partial charge in [0, 0.05) is 5.69 Å². The average molecular weight is 306 g/mol. The zero-order chi connectivity index (χ0) is 15.5. The van der Waals surface area contributed by atoms with Crippen molar-refractivity contribution >= 4 is 21.4 Å². The van der Waals surface area contributed by atoms with Gasteiger partial charge < -0.3 is 10.5 Å². The molecule has 0 unspecified atom stereocenters. The van der Waals surface area contributed by atoms with Gasteiger partial charge in [0.25, 0.3) is 0 Å². The van der Waals surface area contributed by atoms with E-state index in [1.165, 1.54) is 7.11 Å². The first-order chi connectivity index (χ1) is 9.89. The molecule has 0 atom stereocenters. The van der Waals surface area contributed by atoms with Crippen LogP contribution in [0.2, 0.25) is 0 Å². The van der Waals surface area contributed by atoms with E-state index >= 15 is 0 Å². The van der Waals surface area contributed by atoms with E-state index in [0.717, 1.165) is 5.56 Å². The molecule has 112 valence electrons. The number of methoxy groups -OCH3 is 1. The summed E-state index contributed by atoms with van der Waals surface area (Å²) in [6, 6.07) is 12.1. The van der Waals surface area contributed by atoms with Gasteiger partial charge in [-0.3, -0.25) is 4.72 Å². The summed E-state index contributed by atoms with van der Waals surface area (Å²) in [4.78, 5) is 0. The normalized spacial score (nSPS) is 11.1. The van der Waals surface area contributed by atoms with Gasteiger partial charge in [-0.1, -0.05) is 18.2 Å². The van der Waals surface area contributed by atoms with E-state index in [1.807, 2.05) is 13.0 Å². The molecule has 2 aromatic carbocycles. The lowest BCUT2D eigenvalue weighted by molar-refractivity contribution is 0.417. The van der Waals surface area contributed by atoms with Gasteiger partial charge in [0.2, 0.25) is 10.0 Å². The number of nitrogens with one attached hydrogen (secondary N) is 1.